The van der Waals surface area contributed by atoms with Crippen LogP contribution in [0.3, 0.4) is 0 Å². The van der Waals surface area contributed by atoms with Crippen molar-refractivity contribution >= 4 is 5.91 Å². The van der Waals surface area contributed by atoms with Gasteiger partial charge in [0.05, 0.1) is 11.3 Å². The minimum absolute atomic E-state index is 0.204. The summed E-state index contributed by atoms with van der Waals surface area (Å²) < 4.78 is 13.2. The van der Waals surface area contributed by atoms with Gasteiger partial charge in [0.1, 0.15) is 18.1 Å². The van der Waals surface area contributed by atoms with Crippen molar-refractivity contribution in [2.45, 2.75) is 47.8 Å². The Kier molecular flexibility index (Phi) is 5.77. The summed E-state index contributed by atoms with van der Waals surface area (Å²) in [6.45, 7) is 10.4. The van der Waals surface area contributed by atoms with Crippen molar-refractivity contribution in [3.05, 3.63) is 63.3 Å². The quantitative estimate of drug-likeness (QED) is 0.634. The van der Waals surface area contributed by atoms with Gasteiger partial charge in [-0.25, -0.2) is 0 Å². The minimum atomic E-state index is -0.204. The molecule has 0 atom stereocenters. The van der Waals surface area contributed by atoms with Gasteiger partial charge in [0, 0.05) is 31.9 Å². The molecule has 0 aliphatic heterocycles. The van der Waals surface area contributed by atoms with Crippen LogP contribution in [-0.2, 0) is 20.2 Å². The van der Waals surface area contributed by atoms with Crippen LogP contribution in [0, 0.1) is 34.6 Å². The van der Waals surface area contributed by atoms with Crippen molar-refractivity contribution in [3.63, 3.8) is 0 Å². The van der Waals surface area contributed by atoms with E-state index in [9.17, 15) is 4.79 Å². The molecule has 1 amide bonds. The maximum Gasteiger partial charge on any atom is 0.276 e. The molecular weight excluding hydrogens is 368 g/mol. The summed E-state index contributed by atoms with van der Waals surface area (Å²) in [7, 11) is 3.66. The lowest BCUT2D eigenvalue weighted by molar-refractivity contribution is 0.0772. The molecule has 0 N–H and O–H groups in total. The highest BCUT2D eigenvalue weighted by Crippen LogP contribution is 2.25. The lowest BCUT2D eigenvalue weighted by Crippen LogP contribution is -2.28. The second kappa shape index (κ2) is 8.11. The van der Waals surface area contributed by atoms with Crippen LogP contribution < -0.4 is 4.74 Å². The first kappa shape index (κ1) is 20.6. The Morgan fingerprint density at radius 3 is 2.38 bits per heavy atom. The number of amides is 1. The van der Waals surface area contributed by atoms with Crippen LogP contribution in [-0.4, -0.2) is 32.8 Å². The minimum Gasteiger partial charge on any atom is -0.488 e. The molecule has 0 spiro atoms. The average molecular weight is 396 g/mol. The van der Waals surface area contributed by atoms with Crippen LogP contribution >= 0.6 is 0 Å². The van der Waals surface area contributed by atoms with Gasteiger partial charge in [0.15, 0.2) is 5.69 Å². The van der Waals surface area contributed by atoms with E-state index in [0.29, 0.717) is 17.9 Å². The summed E-state index contributed by atoms with van der Waals surface area (Å²) in [6.07, 6.45) is 0. The van der Waals surface area contributed by atoms with Gasteiger partial charge in [0.25, 0.3) is 5.91 Å². The molecule has 0 unspecified atom stereocenters. The van der Waals surface area contributed by atoms with Gasteiger partial charge in [-0.3, -0.25) is 9.48 Å². The maximum absolute atomic E-state index is 13.1. The number of carbonyl (C=O) groups is 1. The molecule has 154 valence electrons. The SMILES string of the molecule is Cc1cccc(C)c1OCc1c(C(=O)N(C)Cc2c(C)nn(C)c2C)noc1C. The summed E-state index contributed by atoms with van der Waals surface area (Å²) in [4.78, 5) is 14.7. The van der Waals surface area contributed by atoms with Gasteiger partial charge in [0.2, 0.25) is 0 Å². The van der Waals surface area contributed by atoms with E-state index in [1.165, 1.54) is 0 Å². The number of para-hydroxylation sites is 1. The molecule has 3 aromatic rings. The molecule has 29 heavy (non-hydrogen) atoms. The molecule has 3 rings (SSSR count). The van der Waals surface area contributed by atoms with Gasteiger partial charge < -0.3 is 14.2 Å². The van der Waals surface area contributed by atoms with Crippen LogP contribution in [0.2, 0.25) is 0 Å². The molecule has 2 aromatic heterocycles. The van der Waals surface area contributed by atoms with E-state index in [0.717, 1.165) is 33.8 Å². The highest BCUT2D eigenvalue weighted by atomic mass is 16.5. The summed E-state index contributed by atoms with van der Waals surface area (Å²) >= 11 is 0. The molecule has 0 bridgehead atoms. The fourth-order valence-electron chi connectivity index (χ4n) is 3.44. The van der Waals surface area contributed by atoms with Gasteiger partial charge >= 0.3 is 0 Å². The third kappa shape index (κ3) is 4.04. The first-order chi connectivity index (χ1) is 13.7. The molecule has 2 heterocycles. The van der Waals surface area contributed by atoms with Gasteiger partial charge in [-0.05, 0) is 45.7 Å². The fourth-order valence-corrected chi connectivity index (χ4v) is 3.44. The van der Waals surface area contributed by atoms with E-state index in [1.807, 2.05) is 57.6 Å². The maximum atomic E-state index is 13.1. The number of benzene rings is 1. The van der Waals surface area contributed by atoms with Crippen molar-refractivity contribution in [1.82, 2.24) is 19.8 Å². The average Bonchev–Trinajstić information content (AvgIpc) is 3.15. The third-order valence-electron chi connectivity index (χ3n) is 5.36. The zero-order valence-electron chi connectivity index (χ0n) is 18.2. The predicted molar refractivity (Wildman–Crippen MR) is 110 cm³/mol. The van der Waals surface area contributed by atoms with Crippen molar-refractivity contribution < 1.29 is 14.1 Å². The summed E-state index contributed by atoms with van der Waals surface area (Å²) in [5.74, 6) is 1.20. The number of carbonyl (C=O) groups excluding carboxylic acids is 1. The van der Waals surface area contributed by atoms with Gasteiger partial charge in [-0.15, -0.1) is 0 Å². The monoisotopic (exact) mass is 396 g/mol. The van der Waals surface area contributed by atoms with E-state index in [1.54, 1.807) is 18.9 Å². The highest BCUT2D eigenvalue weighted by molar-refractivity contribution is 5.93. The number of hydrogen-bond acceptors (Lipinski definition) is 5. The number of aryl methyl sites for hydroxylation is 5. The normalized spacial score (nSPS) is 11.0. The topological polar surface area (TPSA) is 73.4 Å². The van der Waals surface area contributed by atoms with Crippen LogP contribution in [0.1, 0.15) is 49.9 Å². The summed E-state index contributed by atoms with van der Waals surface area (Å²) in [5, 5.41) is 8.44. The van der Waals surface area contributed by atoms with Crippen LogP contribution in [0.5, 0.6) is 5.75 Å². The van der Waals surface area contributed by atoms with Crippen LogP contribution in [0.25, 0.3) is 0 Å². The number of ether oxygens (including phenoxy) is 1. The van der Waals surface area contributed by atoms with E-state index < -0.39 is 0 Å². The Morgan fingerprint density at radius 1 is 1.14 bits per heavy atom. The predicted octanol–water partition coefficient (Wildman–Crippen LogP) is 3.80. The van der Waals surface area contributed by atoms with E-state index in [4.69, 9.17) is 9.26 Å². The van der Waals surface area contributed by atoms with Gasteiger partial charge in [-0.2, -0.15) is 5.10 Å². The zero-order chi connectivity index (χ0) is 21.3. The number of nitrogens with zero attached hydrogens (tertiary/aromatic N) is 4. The molecule has 0 aliphatic carbocycles. The van der Waals surface area contributed by atoms with Crippen LogP contribution in [0.4, 0.5) is 0 Å². The van der Waals surface area contributed by atoms with Crippen molar-refractivity contribution in [2.75, 3.05) is 7.05 Å². The molecule has 1 aromatic carbocycles. The molecule has 7 heteroatoms. The van der Waals surface area contributed by atoms with E-state index in [-0.39, 0.29) is 18.2 Å². The van der Waals surface area contributed by atoms with Gasteiger partial charge in [-0.1, -0.05) is 23.4 Å². The second-order valence-electron chi connectivity index (χ2n) is 7.51. The molecule has 0 saturated heterocycles. The van der Waals surface area contributed by atoms with E-state index >= 15 is 0 Å². The Hall–Kier alpha value is -3.09. The zero-order valence-corrected chi connectivity index (χ0v) is 18.2. The Morgan fingerprint density at radius 2 is 1.79 bits per heavy atom. The van der Waals surface area contributed by atoms with Crippen molar-refractivity contribution in [1.29, 1.82) is 0 Å². The summed E-state index contributed by atoms with van der Waals surface area (Å²) in [5.41, 5.74) is 6.05. The molecule has 0 saturated carbocycles. The first-order valence-electron chi connectivity index (χ1n) is 9.59. The largest absolute Gasteiger partial charge is 0.488 e. The standard InChI is InChI=1S/C22H28N4O3/c1-13-9-8-10-14(2)21(13)28-12-19-17(5)29-24-20(19)22(27)25(6)11-18-15(3)23-26(7)16(18)4/h8-10H,11-12H2,1-7H3. The van der Waals surface area contributed by atoms with Crippen molar-refractivity contribution in [3.8, 4) is 5.75 Å². The Balaban J connectivity index is 1.80. The smallest absolute Gasteiger partial charge is 0.276 e. The third-order valence-corrected chi connectivity index (χ3v) is 5.36. The number of rotatable bonds is 6. The first-order valence-corrected chi connectivity index (χ1v) is 9.59. The summed E-state index contributed by atoms with van der Waals surface area (Å²) in [6, 6.07) is 6.00. The lowest BCUT2D eigenvalue weighted by atomic mass is 10.1. The Labute approximate surface area is 171 Å². The van der Waals surface area contributed by atoms with E-state index in [2.05, 4.69) is 10.3 Å². The van der Waals surface area contributed by atoms with Crippen molar-refractivity contribution in [2.24, 2.45) is 7.05 Å². The highest BCUT2D eigenvalue weighted by Gasteiger charge is 2.25. The molecule has 7 nitrogen and oxygen atoms in total. The molecule has 0 fully saturated rings. The number of aromatic nitrogens is 3. The molecule has 0 aliphatic rings. The lowest BCUT2D eigenvalue weighted by Gasteiger charge is -2.17. The molecular formula is C22H28N4O3. The number of hydrogen-bond donors (Lipinski definition) is 0. The van der Waals surface area contributed by atoms with Crippen LogP contribution in [0.15, 0.2) is 22.7 Å². The second-order valence-corrected chi connectivity index (χ2v) is 7.51. The Bertz CT molecular complexity index is 1030. The fraction of sp³-hybridized carbons (Fsp3) is 0.409. The molecule has 0 radical (unpaired) electrons.